The summed E-state index contributed by atoms with van der Waals surface area (Å²) in [6.07, 6.45) is -8.82. The van der Waals surface area contributed by atoms with Gasteiger partial charge in [0, 0.05) is 23.1 Å². The summed E-state index contributed by atoms with van der Waals surface area (Å²) in [7, 11) is 0. The van der Waals surface area contributed by atoms with Crippen molar-refractivity contribution in [3.8, 4) is 34.1 Å². The Kier molecular flexibility index (Phi) is 6.86. The van der Waals surface area contributed by atoms with Gasteiger partial charge in [-0.2, -0.15) is 74.6 Å². The molecule has 42 heavy (non-hydrogen) atoms. The quantitative estimate of drug-likeness (QED) is 0.121. The van der Waals surface area contributed by atoms with E-state index >= 15 is 8.78 Å². The van der Waals surface area contributed by atoms with E-state index in [-0.39, 0.29) is 6.07 Å². The summed E-state index contributed by atoms with van der Waals surface area (Å²) >= 11 is 0. The summed E-state index contributed by atoms with van der Waals surface area (Å²) in [6, 6.07) is 0.697. The minimum Gasteiger partial charge on any atom is -0.504 e. The molecule has 0 atom stereocenters. The zero-order chi connectivity index (χ0) is 33.0. The zero-order valence-electron chi connectivity index (χ0n) is 19.2. The standard InChI is InChI=1S/C21H9F17O4/c22-14(23,7-3-1-2-5-4-6-9(8(5)7)11(40)13(42)12(41)10(6)39)15(24,25)16(26,27)17(28,29)18(30,31)19(32,33)20(34,35)21(36,37)38/h1-3,39-42H,4H2. The molecule has 0 aromatic heterocycles. The Bertz CT molecular complexity index is 1430. The lowest BCUT2D eigenvalue weighted by Crippen LogP contribution is -2.74. The van der Waals surface area contributed by atoms with Crippen molar-refractivity contribution in [2.24, 2.45) is 0 Å². The Morgan fingerprint density at radius 3 is 1.31 bits per heavy atom. The van der Waals surface area contributed by atoms with E-state index in [0.717, 1.165) is 0 Å². The van der Waals surface area contributed by atoms with Crippen LogP contribution < -0.4 is 0 Å². The number of fused-ring (bicyclic) bond motifs is 3. The van der Waals surface area contributed by atoms with E-state index in [4.69, 9.17) is 0 Å². The molecule has 2 aromatic carbocycles. The van der Waals surface area contributed by atoms with Gasteiger partial charge in [-0.15, -0.1) is 0 Å². The second kappa shape index (κ2) is 8.74. The molecular formula is C21H9F17O4. The van der Waals surface area contributed by atoms with Crippen molar-refractivity contribution in [2.75, 3.05) is 0 Å². The van der Waals surface area contributed by atoms with E-state index in [1.54, 1.807) is 0 Å². The van der Waals surface area contributed by atoms with Gasteiger partial charge in [-0.3, -0.25) is 0 Å². The first-order valence-corrected chi connectivity index (χ1v) is 10.3. The molecule has 0 fully saturated rings. The average Bonchev–Trinajstić information content (AvgIpc) is 3.24. The molecule has 3 rings (SSSR count). The summed E-state index contributed by atoms with van der Waals surface area (Å²) < 4.78 is 233. The second-order valence-corrected chi connectivity index (χ2v) is 8.78. The Morgan fingerprint density at radius 1 is 0.452 bits per heavy atom. The fourth-order valence-electron chi connectivity index (χ4n) is 4.02. The first-order chi connectivity index (χ1) is 18.5. The molecular weight excluding hydrogens is 639 g/mol. The van der Waals surface area contributed by atoms with Crippen LogP contribution in [0.5, 0.6) is 23.0 Å². The SMILES string of the molecule is Oc1c(O)c(O)c2c(c1O)Cc1cccc(C(F)(F)C(F)(F)C(F)(F)C(F)(F)C(F)(F)C(F)(F)C(F)(F)C(F)(F)F)c1-2. The monoisotopic (exact) mass is 648 g/mol. The molecule has 0 saturated carbocycles. The highest BCUT2D eigenvalue weighted by molar-refractivity contribution is 5.90. The summed E-state index contributed by atoms with van der Waals surface area (Å²) in [4.78, 5) is 0. The lowest BCUT2D eigenvalue weighted by atomic mass is 9.85. The van der Waals surface area contributed by atoms with Crippen molar-refractivity contribution in [3.63, 3.8) is 0 Å². The van der Waals surface area contributed by atoms with Crippen LogP contribution in [0.1, 0.15) is 16.7 Å². The van der Waals surface area contributed by atoms with Crippen LogP contribution in [0.2, 0.25) is 0 Å². The highest BCUT2D eigenvalue weighted by atomic mass is 19.4. The minimum atomic E-state index is -8.79. The smallest absolute Gasteiger partial charge is 0.460 e. The van der Waals surface area contributed by atoms with Crippen LogP contribution >= 0.6 is 0 Å². The van der Waals surface area contributed by atoms with Crippen LogP contribution in [0.25, 0.3) is 11.1 Å². The fraction of sp³-hybridized carbons (Fsp3) is 0.429. The first kappa shape index (κ1) is 33.0. The van der Waals surface area contributed by atoms with E-state index in [1.165, 1.54) is 0 Å². The van der Waals surface area contributed by atoms with Gasteiger partial charge in [-0.05, 0) is 11.1 Å². The number of hydrogen-bond donors (Lipinski definition) is 4. The molecule has 21 heteroatoms. The zero-order valence-corrected chi connectivity index (χ0v) is 19.2. The number of phenolic OH excluding ortho intramolecular Hbond substituents is 4. The molecule has 0 spiro atoms. The highest BCUT2D eigenvalue weighted by Crippen LogP contribution is 2.66. The Labute approximate surface area is 219 Å². The van der Waals surface area contributed by atoms with Crippen molar-refractivity contribution >= 4 is 0 Å². The van der Waals surface area contributed by atoms with Gasteiger partial charge < -0.3 is 20.4 Å². The van der Waals surface area contributed by atoms with E-state index in [0.29, 0.717) is 12.1 Å². The van der Waals surface area contributed by atoms with Crippen LogP contribution in [-0.4, -0.2) is 62.1 Å². The molecule has 1 aliphatic carbocycles. The maximum absolute atomic E-state index is 15.0. The fourth-order valence-corrected chi connectivity index (χ4v) is 4.02. The molecule has 236 valence electrons. The molecule has 4 N–H and O–H groups in total. The molecule has 4 nitrogen and oxygen atoms in total. The van der Waals surface area contributed by atoms with Crippen LogP contribution in [0.3, 0.4) is 0 Å². The highest BCUT2D eigenvalue weighted by Gasteiger charge is 2.95. The van der Waals surface area contributed by atoms with E-state index in [9.17, 15) is 86.3 Å². The maximum atomic E-state index is 15.0. The maximum Gasteiger partial charge on any atom is 0.460 e. The predicted octanol–water partition coefficient (Wildman–Crippen LogP) is 7.55. The third kappa shape index (κ3) is 3.69. The van der Waals surface area contributed by atoms with Crippen LogP contribution in [-0.2, 0) is 12.3 Å². The number of benzene rings is 2. The van der Waals surface area contributed by atoms with E-state index in [2.05, 4.69) is 0 Å². The predicted molar refractivity (Wildman–Crippen MR) is 101 cm³/mol. The van der Waals surface area contributed by atoms with Crippen LogP contribution in [0.15, 0.2) is 18.2 Å². The molecule has 0 radical (unpaired) electrons. The molecule has 0 aliphatic heterocycles. The van der Waals surface area contributed by atoms with Crippen molar-refractivity contribution in [2.45, 2.75) is 54.1 Å². The number of hydrogen-bond acceptors (Lipinski definition) is 4. The summed E-state index contributed by atoms with van der Waals surface area (Å²) in [6.45, 7) is 0. The molecule has 0 heterocycles. The van der Waals surface area contributed by atoms with Gasteiger partial charge in [0.2, 0.25) is 11.5 Å². The number of phenols is 4. The van der Waals surface area contributed by atoms with Gasteiger partial charge in [0.05, 0.1) is 0 Å². The van der Waals surface area contributed by atoms with Gasteiger partial charge in [0.1, 0.15) is 0 Å². The van der Waals surface area contributed by atoms with Gasteiger partial charge in [0.15, 0.2) is 11.5 Å². The van der Waals surface area contributed by atoms with Gasteiger partial charge >= 0.3 is 47.6 Å². The number of alkyl halides is 17. The molecule has 0 bridgehead atoms. The van der Waals surface area contributed by atoms with E-state index in [1.807, 2.05) is 0 Å². The molecule has 2 aromatic rings. The summed E-state index contributed by atoms with van der Waals surface area (Å²) in [5.41, 5.74) is -7.14. The molecule has 0 unspecified atom stereocenters. The van der Waals surface area contributed by atoms with Gasteiger partial charge in [0.25, 0.3) is 0 Å². The van der Waals surface area contributed by atoms with Crippen molar-refractivity contribution in [1.29, 1.82) is 0 Å². The summed E-state index contributed by atoms with van der Waals surface area (Å²) in [5.74, 6) is -64.4. The number of halogens is 17. The Hall–Kier alpha value is -3.55. The lowest BCUT2D eigenvalue weighted by molar-refractivity contribution is -0.462. The van der Waals surface area contributed by atoms with Crippen LogP contribution in [0.4, 0.5) is 74.6 Å². The number of rotatable bonds is 7. The van der Waals surface area contributed by atoms with Crippen LogP contribution in [0, 0.1) is 0 Å². The Balaban J connectivity index is 2.27. The topological polar surface area (TPSA) is 80.9 Å². The molecule has 0 saturated heterocycles. The molecule has 1 aliphatic rings. The van der Waals surface area contributed by atoms with Crippen molar-refractivity contribution in [1.82, 2.24) is 0 Å². The summed E-state index contributed by atoms with van der Waals surface area (Å²) in [5, 5.41) is 39.1. The van der Waals surface area contributed by atoms with Crippen molar-refractivity contribution < 1.29 is 95.1 Å². The lowest BCUT2D eigenvalue weighted by Gasteiger charge is -2.43. The molecule has 0 amide bonds. The third-order valence-corrected chi connectivity index (χ3v) is 6.33. The normalized spacial score (nSPS) is 15.5. The van der Waals surface area contributed by atoms with E-state index < -0.39 is 105 Å². The average molecular weight is 648 g/mol. The first-order valence-electron chi connectivity index (χ1n) is 10.3. The number of aromatic hydroxyl groups is 4. The largest absolute Gasteiger partial charge is 0.504 e. The second-order valence-electron chi connectivity index (χ2n) is 8.78. The van der Waals surface area contributed by atoms with Gasteiger partial charge in [-0.25, -0.2) is 0 Å². The van der Waals surface area contributed by atoms with Gasteiger partial charge in [-0.1, -0.05) is 18.2 Å². The third-order valence-electron chi connectivity index (χ3n) is 6.33. The Morgan fingerprint density at radius 2 is 0.857 bits per heavy atom. The van der Waals surface area contributed by atoms with Crippen molar-refractivity contribution in [3.05, 3.63) is 34.9 Å². The minimum absolute atomic E-state index is 0.291.